The van der Waals surface area contributed by atoms with Crippen LogP contribution >= 0.6 is 0 Å². The van der Waals surface area contributed by atoms with Gasteiger partial charge in [0, 0.05) is 63.4 Å². The van der Waals surface area contributed by atoms with E-state index in [9.17, 15) is 14.4 Å². The van der Waals surface area contributed by atoms with Crippen molar-refractivity contribution in [1.82, 2.24) is 20.0 Å². The maximum atomic E-state index is 13.1. The summed E-state index contributed by atoms with van der Waals surface area (Å²) in [7, 11) is 1.85. The van der Waals surface area contributed by atoms with Gasteiger partial charge < -0.3 is 19.9 Å². The number of hydrogen-bond donors (Lipinski definition) is 2. The number of likely N-dealkylation sites (N-methyl/N-ethyl adjacent to an activating group) is 1. The number of benzene rings is 3. The van der Waals surface area contributed by atoms with Crippen molar-refractivity contribution in [3.05, 3.63) is 90.0 Å². The zero-order valence-electron chi connectivity index (χ0n) is 27.8. The summed E-state index contributed by atoms with van der Waals surface area (Å²) in [4.78, 5) is 44.6. The van der Waals surface area contributed by atoms with Crippen LogP contribution in [0.1, 0.15) is 54.9 Å². The van der Waals surface area contributed by atoms with Crippen LogP contribution < -0.4 is 10.6 Å². The summed E-state index contributed by atoms with van der Waals surface area (Å²) < 4.78 is 5.78. The molecule has 0 atom stereocenters. The summed E-state index contributed by atoms with van der Waals surface area (Å²) in [6, 6.07) is 25.7. The number of piperidine rings is 2. The Morgan fingerprint density at radius 3 is 2.19 bits per heavy atom. The van der Waals surface area contributed by atoms with Gasteiger partial charge in [-0.25, -0.2) is 4.79 Å². The highest BCUT2D eigenvalue weighted by molar-refractivity contribution is 5.94. The molecule has 9 nitrogen and oxygen atoms in total. The molecule has 0 aliphatic carbocycles. The van der Waals surface area contributed by atoms with Gasteiger partial charge in [0.2, 0.25) is 5.91 Å². The predicted molar refractivity (Wildman–Crippen MR) is 186 cm³/mol. The maximum Gasteiger partial charge on any atom is 0.411 e. The van der Waals surface area contributed by atoms with Crippen LogP contribution in [0.5, 0.6) is 0 Å². The predicted octanol–water partition coefficient (Wildman–Crippen LogP) is 5.88. The second-order valence-electron chi connectivity index (χ2n) is 12.7. The number of amides is 3. The van der Waals surface area contributed by atoms with E-state index in [0.29, 0.717) is 12.1 Å². The largest absolute Gasteiger partial charge is 0.446 e. The Hall–Kier alpha value is -4.21. The van der Waals surface area contributed by atoms with Crippen molar-refractivity contribution < 1.29 is 19.1 Å². The molecule has 250 valence electrons. The van der Waals surface area contributed by atoms with Crippen LogP contribution in [-0.4, -0.2) is 91.6 Å². The van der Waals surface area contributed by atoms with Crippen LogP contribution in [0, 0.1) is 5.92 Å². The van der Waals surface area contributed by atoms with E-state index in [2.05, 4.69) is 27.4 Å². The molecule has 0 radical (unpaired) electrons. The highest BCUT2D eigenvalue weighted by atomic mass is 16.6. The van der Waals surface area contributed by atoms with Crippen LogP contribution in [0.15, 0.2) is 78.9 Å². The Bertz CT molecular complexity index is 1450. The van der Waals surface area contributed by atoms with E-state index in [1.54, 1.807) is 4.90 Å². The fourth-order valence-corrected chi connectivity index (χ4v) is 6.37. The molecule has 0 spiro atoms. The van der Waals surface area contributed by atoms with E-state index in [1.807, 2.05) is 85.9 Å². The average molecular weight is 640 g/mol. The first-order valence-corrected chi connectivity index (χ1v) is 17.1. The van der Waals surface area contributed by atoms with Gasteiger partial charge in [0.1, 0.15) is 6.10 Å². The first kappa shape index (κ1) is 34.1. The molecule has 2 aliphatic heterocycles. The molecule has 2 fully saturated rings. The van der Waals surface area contributed by atoms with E-state index in [0.717, 1.165) is 94.7 Å². The molecule has 0 saturated carbocycles. The molecule has 3 aromatic carbocycles. The third kappa shape index (κ3) is 9.89. The molecule has 3 amide bonds. The first-order valence-electron chi connectivity index (χ1n) is 17.1. The Labute approximate surface area is 279 Å². The minimum atomic E-state index is -0.431. The van der Waals surface area contributed by atoms with Gasteiger partial charge >= 0.3 is 6.09 Å². The lowest BCUT2D eigenvalue weighted by atomic mass is 9.95. The van der Waals surface area contributed by atoms with E-state index >= 15 is 0 Å². The number of carbonyl (C=O) groups is 3. The zero-order valence-corrected chi connectivity index (χ0v) is 27.8. The molecule has 0 bridgehead atoms. The fourth-order valence-electron chi connectivity index (χ4n) is 6.37. The lowest BCUT2D eigenvalue weighted by Crippen LogP contribution is -2.42. The van der Waals surface area contributed by atoms with Crippen LogP contribution in [0.25, 0.3) is 11.1 Å². The standard InChI is InChI=1S/C38H49N5O4/c1-3-21-39-36(44)31-17-22-43(23-18-31)28-29-13-15-32(16-14-29)37(45)41(2)26-27-42-24-19-33(20-25-42)47-38(46)40-35-12-8-7-11-34(35)30-9-5-4-6-10-30/h4-16,31,33H,3,17-28H2,1-2H3,(H,39,44)(H,40,46). The van der Waals surface area contributed by atoms with Crippen molar-refractivity contribution in [1.29, 1.82) is 0 Å². The monoisotopic (exact) mass is 639 g/mol. The van der Waals surface area contributed by atoms with E-state index in [-0.39, 0.29) is 23.8 Å². The molecule has 47 heavy (non-hydrogen) atoms. The van der Waals surface area contributed by atoms with Crippen molar-refractivity contribution in [3.63, 3.8) is 0 Å². The Morgan fingerprint density at radius 1 is 0.830 bits per heavy atom. The molecule has 5 rings (SSSR count). The number of anilines is 1. The topological polar surface area (TPSA) is 94.2 Å². The normalized spacial score (nSPS) is 16.4. The Balaban J connectivity index is 0.996. The van der Waals surface area contributed by atoms with Crippen molar-refractivity contribution >= 4 is 23.6 Å². The van der Waals surface area contributed by atoms with Crippen molar-refractivity contribution in [2.24, 2.45) is 5.92 Å². The van der Waals surface area contributed by atoms with Crippen LogP contribution in [0.4, 0.5) is 10.5 Å². The van der Waals surface area contributed by atoms with Gasteiger partial charge in [0.05, 0.1) is 5.69 Å². The van der Waals surface area contributed by atoms with Gasteiger partial charge in [-0.3, -0.25) is 19.8 Å². The lowest BCUT2D eigenvalue weighted by Gasteiger charge is -2.32. The molecule has 2 aliphatic rings. The summed E-state index contributed by atoms with van der Waals surface area (Å²) in [5.74, 6) is 0.327. The van der Waals surface area contributed by atoms with E-state index in [4.69, 9.17) is 4.74 Å². The zero-order chi connectivity index (χ0) is 33.0. The molecule has 2 heterocycles. The molecule has 2 N–H and O–H groups in total. The average Bonchev–Trinajstić information content (AvgIpc) is 3.11. The summed E-state index contributed by atoms with van der Waals surface area (Å²) in [6.07, 6.45) is 3.70. The van der Waals surface area contributed by atoms with Crippen LogP contribution in [0.2, 0.25) is 0 Å². The van der Waals surface area contributed by atoms with E-state index < -0.39 is 6.09 Å². The second-order valence-corrected chi connectivity index (χ2v) is 12.7. The fraction of sp³-hybridized carbons (Fsp3) is 0.447. The van der Waals surface area contributed by atoms with Crippen molar-refractivity contribution in [2.75, 3.05) is 58.2 Å². The van der Waals surface area contributed by atoms with Gasteiger partial charge in [0.15, 0.2) is 0 Å². The summed E-state index contributed by atoms with van der Waals surface area (Å²) in [6.45, 7) is 8.50. The van der Waals surface area contributed by atoms with Crippen molar-refractivity contribution in [2.45, 2.75) is 51.7 Å². The summed E-state index contributed by atoms with van der Waals surface area (Å²) in [5, 5.41) is 5.96. The highest BCUT2D eigenvalue weighted by Crippen LogP contribution is 2.28. The number of ether oxygens (including phenoxy) is 1. The second kappa shape index (κ2) is 17.1. The molecular formula is C38H49N5O4. The SMILES string of the molecule is CCCNC(=O)C1CCN(Cc2ccc(C(=O)N(C)CCN3CCC(OC(=O)Nc4ccccc4-c4ccccc4)CC3)cc2)CC1. The Morgan fingerprint density at radius 2 is 1.49 bits per heavy atom. The number of nitrogens with zero attached hydrogens (tertiary/aromatic N) is 3. The van der Waals surface area contributed by atoms with Gasteiger partial charge in [-0.1, -0.05) is 67.6 Å². The minimum absolute atomic E-state index is 0.0149. The summed E-state index contributed by atoms with van der Waals surface area (Å²) in [5.41, 5.74) is 4.59. The minimum Gasteiger partial charge on any atom is -0.446 e. The first-order chi connectivity index (χ1) is 22.9. The highest BCUT2D eigenvalue weighted by Gasteiger charge is 2.25. The molecule has 2 saturated heterocycles. The number of likely N-dealkylation sites (tertiary alicyclic amines) is 2. The molecule has 0 aromatic heterocycles. The van der Waals surface area contributed by atoms with Crippen molar-refractivity contribution in [3.8, 4) is 11.1 Å². The number of para-hydroxylation sites is 1. The molecular weight excluding hydrogens is 590 g/mol. The Kier molecular flexibility index (Phi) is 12.4. The smallest absolute Gasteiger partial charge is 0.411 e. The maximum absolute atomic E-state index is 13.1. The lowest BCUT2D eigenvalue weighted by molar-refractivity contribution is -0.126. The van der Waals surface area contributed by atoms with Crippen LogP contribution in [-0.2, 0) is 16.1 Å². The number of nitrogens with one attached hydrogen (secondary N) is 2. The number of rotatable bonds is 12. The van der Waals surface area contributed by atoms with Gasteiger partial charge in [-0.2, -0.15) is 0 Å². The third-order valence-corrected chi connectivity index (χ3v) is 9.27. The third-order valence-electron chi connectivity index (χ3n) is 9.27. The molecule has 3 aromatic rings. The van der Waals surface area contributed by atoms with Gasteiger partial charge in [-0.15, -0.1) is 0 Å². The quantitative estimate of drug-likeness (QED) is 0.257. The molecule has 0 unspecified atom stereocenters. The summed E-state index contributed by atoms with van der Waals surface area (Å²) >= 11 is 0. The molecule has 9 heteroatoms. The van der Waals surface area contributed by atoms with Gasteiger partial charge in [-0.05, 0) is 74.5 Å². The van der Waals surface area contributed by atoms with Gasteiger partial charge in [0.25, 0.3) is 5.91 Å². The van der Waals surface area contributed by atoms with Crippen LogP contribution in [0.3, 0.4) is 0 Å². The number of hydrogen-bond acceptors (Lipinski definition) is 6. The van der Waals surface area contributed by atoms with E-state index in [1.165, 1.54) is 5.56 Å². The number of carbonyl (C=O) groups excluding carboxylic acids is 3.